The van der Waals surface area contributed by atoms with Crippen molar-refractivity contribution in [3.63, 3.8) is 0 Å². The highest BCUT2D eigenvalue weighted by Crippen LogP contribution is 2.33. The number of nitrogens with one attached hydrogen (secondary N) is 1. The van der Waals surface area contributed by atoms with Gasteiger partial charge in [-0.3, -0.25) is 14.2 Å². The Kier molecular flexibility index (Phi) is 4.60. The molecule has 0 aliphatic carbocycles. The molecule has 8 nitrogen and oxygen atoms in total. The van der Waals surface area contributed by atoms with Gasteiger partial charge in [-0.05, 0) is 37.6 Å². The summed E-state index contributed by atoms with van der Waals surface area (Å²) in [5.74, 6) is 0.777. The molecular formula is C20H20N4O4. The molecule has 0 radical (unpaired) electrons. The molecule has 1 aromatic carbocycles. The number of carbonyl (C=O) groups excluding carboxylic acids is 1. The van der Waals surface area contributed by atoms with E-state index in [0.29, 0.717) is 22.7 Å². The minimum absolute atomic E-state index is 0.107. The second kappa shape index (κ2) is 7.22. The number of ether oxygens (including phenoxy) is 2. The number of aryl methyl sites for hydroxylation is 2. The van der Waals surface area contributed by atoms with Gasteiger partial charge < -0.3 is 19.4 Å². The van der Waals surface area contributed by atoms with E-state index in [0.717, 1.165) is 12.2 Å². The van der Waals surface area contributed by atoms with Crippen molar-refractivity contribution in [3.05, 3.63) is 70.2 Å². The molecule has 0 unspecified atom stereocenters. The van der Waals surface area contributed by atoms with Crippen LogP contribution in [0, 0.1) is 6.92 Å². The average Bonchev–Trinajstić information content (AvgIpc) is 3.35. The van der Waals surface area contributed by atoms with Crippen LogP contribution in [0.3, 0.4) is 0 Å². The summed E-state index contributed by atoms with van der Waals surface area (Å²) in [5.41, 5.74) is 1.66. The molecule has 1 amide bonds. The summed E-state index contributed by atoms with van der Waals surface area (Å²) in [7, 11) is 0. The standard InChI is InChI=1S/C20H20N4O4/c1-3-23-10-14(22-11-23)9-21-19(25)18-13(2)6-7-24(20(18)26)15-4-5-16-17(8-15)28-12-27-16/h4-8,10-11H,3,9,12H2,1-2H3,(H,21,25). The lowest BCUT2D eigenvalue weighted by molar-refractivity contribution is 0.0948. The molecule has 4 rings (SSSR count). The largest absolute Gasteiger partial charge is 0.454 e. The van der Waals surface area contributed by atoms with Gasteiger partial charge in [-0.2, -0.15) is 0 Å². The minimum atomic E-state index is -0.427. The zero-order valence-corrected chi connectivity index (χ0v) is 15.6. The van der Waals surface area contributed by atoms with Crippen LogP contribution in [0.2, 0.25) is 0 Å². The van der Waals surface area contributed by atoms with Crippen molar-refractivity contribution in [1.82, 2.24) is 19.4 Å². The van der Waals surface area contributed by atoms with Crippen molar-refractivity contribution in [2.75, 3.05) is 6.79 Å². The van der Waals surface area contributed by atoms with Crippen LogP contribution in [-0.2, 0) is 13.1 Å². The third-order valence-electron chi connectivity index (χ3n) is 4.64. The van der Waals surface area contributed by atoms with Crippen LogP contribution in [0.1, 0.15) is 28.5 Å². The number of carbonyl (C=O) groups is 1. The van der Waals surface area contributed by atoms with Gasteiger partial charge in [0, 0.05) is 25.0 Å². The number of hydrogen-bond donors (Lipinski definition) is 1. The van der Waals surface area contributed by atoms with Crippen LogP contribution >= 0.6 is 0 Å². The maximum atomic E-state index is 13.0. The van der Waals surface area contributed by atoms with E-state index in [1.54, 1.807) is 43.7 Å². The molecule has 0 atom stereocenters. The molecule has 0 fully saturated rings. The molecule has 1 aliphatic rings. The quantitative estimate of drug-likeness (QED) is 0.732. The number of nitrogens with zero attached hydrogens (tertiary/aromatic N) is 3. The van der Waals surface area contributed by atoms with Crippen molar-refractivity contribution in [1.29, 1.82) is 0 Å². The Morgan fingerprint density at radius 1 is 1.25 bits per heavy atom. The highest BCUT2D eigenvalue weighted by molar-refractivity contribution is 5.95. The molecule has 0 spiro atoms. The lowest BCUT2D eigenvalue weighted by Crippen LogP contribution is -2.33. The first-order chi connectivity index (χ1) is 13.6. The third kappa shape index (κ3) is 3.24. The number of aromatic nitrogens is 3. The van der Waals surface area contributed by atoms with Crippen LogP contribution in [0.25, 0.3) is 5.69 Å². The molecule has 28 heavy (non-hydrogen) atoms. The summed E-state index contributed by atoms with van der Waals surface area (Å²) < 4.78 is 14.0. The van der Waals surface area contributed by atoms with Crippen LogP contribution in [0.5, 0.6) is 11.5 Å². The summed E-state index contributed by atoms with van der Waals surface area (Å²) in [5, 5.41) is 2.78. The normalized spacial score (nSPS) is 12.2. The molecule has 1 aliphatic heterocycles. The van der Waals surface area contributed by atoms with Crippen molar-refractivity contribution < 1.29 is 14.3 Å². The molecular weight excluding hydrogens is 360 g/mol. The highest BCUT2D eigenvalue weighted by Gasteiger charge is 2.19. The predicted octanol–water partition coefficient (Wildman–Crippen LogP) is 2.02. The molecule has 0 bridgehead atoms. The summed E-state index contributed by atoms with van der Waals surface area (Å²) in [6.45, 7) is 4.97. The Balaban J connectivity index is 1.61. The first-order valence-electron chi connectivity index (χ1n) is 8.98. The van der Waals surface area contributed by atoms with Crippen molar-refractivity contribution in [3.8, 4) is 17.2 Å². The number of amides is 1. The molecule has 144 valence electrons. The van der Waals surface area contributed by atoms with Crippen molar-refractivity contribution in [2.24, 2.45) is 0 Å². The van der Waals surface area contributed by atoms with E-state index in [-0.39, 0.29) is 18.9 Å². The highest BCUT2D eigenvalue weighted by atomic mass is 16.7. The second-order valence-electron chi connectivity index (χ2n) is 6.46. The Morgan fingerprint density at radius 2 is 2.07 bits per heavy atom. The summed E-state index contributed by atoms with van der Waals surface area (Å²) in [4.78, 5) is 29.9. The van der Waals surface area contributed by atoms with Gasteiger partial charge in [0.05, 0.1) is 24.3 Å². The number of fused-ring (bicyclic) bond motifs is 1. The molecule has 0 saturated heterocycles. The van der Waals surface area contributed by atoms with Gasteiger partial charge in [0.2, 0.25) is 6.79 Å². The zero-order chi connectivity index (χ0) is 19.7. The molecule has 8 heteroatoms. The maximum Gasteiger partial charge on any atom is 0.268 e. The fourth-order valence-electron chi connectivity index (χ4n) is 3.07. The van der Waals surface area contributed by atoms with Gasteiger partial charge in [-0.1, -0.05) is 0 Å². The Hall–Kier alpha value is -3.55. The third-order valence-corrected chi connectivity index (χ3v) is 4.64. The van der Waals surface area contributed by atoms with E-state index in [9.17, 15) is 9.59 Å². The van der Waals surface area contributed by atoms with E-state index in [1.165, 1.54) is 4.57 Å². The summed E-state index contributed by atoms with van der Waals surface area (Å²) in [6, 6.07) is 6.96. The van der Waals surface area contributed by atoms with E-state index in [2.05, 4.69) is 10.3 Å². The van der Waals surface area contributed by atoms with Crippen LogP contribution in [-0.4, -0.2) is 26.8 Å². The fraction of sp³-hybridized carbons (Fsp3) is 0.250. The van der Waals surface area contributed by atoms with E-state index < -0.39 is 11.5 Å². The smallest absolute Gasteiger partial charge is 0.268 e. The van der Waals surface area contributed by atoms with Crippen molar-refractivity contribution >= 4 is 5.91 Å². The molecule has 1 N–H and O–H groups in total. The van der Waals surface area contributed by atoms with Gasteiger partial charge in [-0.25, -0.2) is 4.98 Å². The van der Waals surface area contributed by atoms with Gasteiger partial charge >= 0.3 is 0 Å². The van der Waals surface area contributed by atoms with Crippen LogP contribution in [0.15, 0.2) is 47.8 Å². The Bertz CT molecular complexity index is 1100. The maximum absolute atomic E-state index is 13.0. The molecule has 3 heterocycles. The monoisotopic (exact) mass is 380 g/mol. The lowest BCUT2D eigenvalue weighted by atomic mass is 10.1. The van der Waals surface area contributed by atoms with E-state index in [4.69, 9.17) is 9.47 Å². The number of hydrogen-bond acceptors (Lipinski definition) is 5. The number of pyridine rings is 1. The van der Waals surface area contributed by atoms with Gasteiger partial charge in [-0.15, -0.1) is 0 Å². The first kappa shape index (κ1) is 17.8. The van der Waals surface area contributed by atoms with E-state index >= 15 is 0 Å². The van der Waals surface area contributed by atoms with Gasteiger partial charge in [0.15, 0.2) is 11.5 Å². The second-order valence-corrected chi connectivity index (χ2v) is 6.46. The summed E-state index contributed by atoms with van der Waals surface area (Å²) in [6.07, 6.45) is 5.22. The zero-order valence-electron chi connectivity index (χ0n) is 15.6. The summed E-state index contributed by atoms with van der Waals surface area (Å²) >= 11 is 0. The average molecular weight is 380 g/mol. The fourth-order valence-corrected chi connectivity index (χ4v) is 3.07. The first-order valence-corrected chi connectivity index (χ1v) is 8.98. The number of benzene rings is 1. The van der Waals surface area contributed by atoms with Gasteiger partial charge in [0.1, 0.15) is 5.56 Å². The topological polar surface area (TPSA) is 87.4 Å². The molecule has 2 aromatic heterocycles. The number of rotatable bonds is 5. The Morgan fingerprint density at radius 3 is 2.86 bits per heavy atom. The predicted molar refractivity (Wildman–Crippen MR) is 102 cm³/mol. The van der Waals surface area contributed by atoms with E-state index in [1.807, 2.05) is 17.7 Å². The van der Waals surface area contributed by atoms with Gasteiger partial charge in [0.25, 0.3) is 11.5 Å². The van der Waals surface area contributed by atoms with Crippen LogP contribution < -0.4 is 20.3 Å². The minimum Gasteiger partial charge on any atom is -0.454 e. The SMILES string of the molecule is CCn1cnc(CNC(=O)c2c(C)ccn(-c3ccc4c(c3)OCO4)c2=O)c1. The van der Waals surface area contributed by atoms with Crippen LogP contribution in [0.4, 0.5) is 0 Å². The molecule has 3 aromatic rings. The Labute approximate surface area is 161 Å². The molecule has 0 saturated carbocycles. The van der Waals surface area contributed by atoms with Crippen molar-refractivity contribution in [2.45, 2.75) is 26.9 Å². The lowest BCUT2D eigenvalue weighted by Gasteiger charge is -2.11. The number of imidazole rings is 1.